The van der Waals surface area contributed by atoms with Gasteiger partial charge in [0.25, 0.3) is 0 Å². The lowest BCUT2D eigenvalue weighted by Gasteiger charge is -2.37. The molecule has 0 saturated carbocycles. The number of benzene rings is 9. The molecule has 0 radical (unpaired) electrons. The molecule has 2 aliphatic carbocycles. The molecular formula is C55H36N2O. The minimum absolute atomic E-state index is 0.608. The van der Waals surface area contributed by atoms with Crippen molar-refractivity contribution < 1.29 is 4.42 Å². The van der Waals surface area contributed by atoms with Gasteiger partial charge in [0.05, 0.1) is 16.8 Å². The smallest absolute Gasteiger partial charge is 0.135 e. The number of hydrogen-bond donors (Lipinski definition) is 0. The molecule has 3 heteroatoms. The standard InChI is InChI=1S/C55H36N2O/c1-4-18-37(19-5-1)56(38-20-6-2-7-21-38)49-33-34-50(57(39-22-8-3-9-23-39)40-32-35-52-45(36-40)43-26-13-17-31-51(43)58-52)54-53(49)44-27-12-16-30-48(44)55(54)46-28-14-10-24-41(46)42-25-11-15-29-47(42)55/h1-36H. The average Bonchev–Trinajstić information content (AvgIpc) is 3.93. The number of fused-ring (bicyclic) bond motifs is 13. The van der Waals surface area contributed by atoms with Crippen LogP contribution in [-0.4, -0.2) is 0 Å². The van der Waals surface area contributed by atoms with Crippen LogP contribution in [0.1, 0.15) is 22.3 Å². The highest BCUT2D eigenvalue weighted by molar-refractivity contribution is 6.08. The third-order valence-electron chi connectivity index (χ3n) is 12.2. The molecule has 12 rings (SSSR count). The molecule has 2 aliphatic rings. The van der Waals surface area contributed by atoms with E-state index in [1.54, 1.807) is 0 Å². The van der Waals surface area contributed by atoms with Gasteiger partial charge in [0.1, 0.15) is 11.2 Å². The van der Waals surface area contributed by atoms with Crippen molar-refractivity contribution in [2.75, 3.05) is 9.80 Å². The molecule has 0 fully saturated rings. The zero-order chi connectivity index (χ0) is 38.2. The number of para-hydroxylation sites is 4. The van der Waals surface area contributed by atoms with Crippen LogP contribution < -0.4 is 9.80 Å². The summed E-state index contributed by atoms with van der Waals surface area (Å²) in [4.78, 5) is 4.90. The molecule has 1 aromatic heterocycles. The predicted octanol–water partition coefficient (Wildman–Crippen LogP) is 14.9. The maximum atomic E-state index is 6.37. The first-order valence-corrected chi connectivity index (χ1v) is 19.9. The van der Waals surface area contributed by atoms with Crippen LogP contribution in [0.5, 0.6) is 0 Å². The van der Waals surface area contributed by atoms with Crippen molar-refractivity contribution in [3.8, 4) is 22.3 Å². The number of nitrogens with zero attached hydrogens (tertiary/aromatic N) is 2. The van der Waals surface area contributed by atoms with Gasteiger partial charge in [-0.25, -0.2) is 0 Å². The maximum Gasteiger partial charge on any atom is 0.135 e. The Bertz CT molecular complexity index is 3100. The Morgan fingerprint density at radius 1 is 0.328 bits per heavy atom. The van der Waals surface area contributed by atoms with E-state index in [-0.39, 0.29) is 0 Å². The van der Waals surface area contributed by atoms with Crippen molar-refractivity contribution in [2.45, 2.75) is 5.41 Å². The lowest BCUT2D eigenvalue weighted by Crippen LogP contribution is -2.28. The number of furan rings is 1. The first-order chi connectivity index (χ1) is 28.8. The Morgan fingerprint density at radius 2 is 0.776 bits per heavy atom. The molecule has 0 unspecified atom stereocenters. The Balaban J connectivity index is 1.25. The van der Waals surface area contributed by atoms with Gasteiger partial charge in [0.15, 0.2) is 0 Å². The van der Waals surface area contributed by atoms with Crippen LogP contribution >= 0.6 is 0 Å². The molecule has 3 nitrogen and oxygen atoms in total. The van der Waals surface area contributed by atoms with Crippen LogP contribution in [0.15, 0.2) is 223 Å². The summed E-state index contributed by atoms with van der Waals surface area (Å²) in [5, 5.41) is 2.20. The molecule has 272 valence electrons. The van der Waals surface area contributed by atoms with Crippen molar-refractivity contribution in [1.29, 1.82) is 0 Å². The highest BCUT2D eigenvalue weighted by Gasteiger charge is 2.54. The minimum Gasteiger partial charge on any atom is -0.456 e. The lowest BCUT2D eigenvalue weighted by molar-refractivity contribution is 0.669. The molecule has 58 heavy (non-hydrogen) atoms. The largest absolute Gasteiger partial charge is 0.456 e. The van der Waals surface area contributed by atoms with Crippen LogP contribution in [0.25, 0.3) is 44.2 Å². The summed E-state index contributed by atoms with van der Waals surface area (Å²) < 4.78 is 6.37. The summed E-state index contributed by atoms with van der Waals surface area (Å²) in [6.45, 7) is 0. The van der Waals surface area contributed by atoms with Gasteiger partial charge in [-0.1, -0.05) is 146 Å². The monoisotopic (exact) mass is 740 g/mol. The molecule has 0 saturated heterocycles. The fourth-order valence-electron chi connectivity index (χ4n) is 10.0. The highest BCUT2D eigenvalue weighted by Crippen LogP contribution is 2.67. The first kappa shape index (κ1) is 32.6. The SMILES string of the molecule is c1ccc(N(c2ccccc2)c2ccc(N(c3ccccc3)c3ccc4oc5ccccc5c4c3)c3c2-c2ccccc2C32c3ccccc3-c3ccccc32)cc1. The van der Waals surface area contributed by atoms with E-state index < -0.39 is 5.41 Å². The molecule has 0 aliphatic heterocycles. The minimum atomic E-state index is -0.608. The fourth-order valence-corrected chi connectivity index (χ4v) is 10.0. The van der Waals surface area contributed by atoms with Gasteiger partial charge in [0, 0.05) is 44.6 Å². The quantitative estimate of drug-likeness (QED) is 0.169. The summed E-state index contributed by atoms with van der Waals surface area (Å²) in [5.74, 6) is 0. The summed E-state index contributed by atoms with van der Waals surface area (Å²) >= 11 is 0. The van der Waals surface area contributed by atoms with Crippen LogP contribution in [0, 0.1) is 0 Å². The Morgan fingerprint density at radius 3 is 1.38 bits per heavy atom. The van der Waals surface area contributed by atoms with Crippen LogP contribution in [0.2, 0.25) is 0 Å². The average molecular weight is 741 g/mol. The van der Waals surface area contributed by atoms with E-state index in [2.05, 4.69) is 222 Å². The zero-order valence-electron chi connectivity index (χ0n) is 31.6. The molecule has 0 amide bonds. The molecule has 0 N–H and O–H groups in total. The van der Waals surface area contributed by atoms with Gasteiger partial charge < -0.3 is 14.2 Å². The second kappa shape index (κ2) is 12.7. The van der Waals surface area contributed by atoms with Gasteiger partial charge in [-0.3, -0.25) is 0 Å². The number of hydrogen-bond acceptors (Lipinski definition) is 3. The van der Waals surface area contributed by atoms with Gasteiger partial charge in [-0.15, -0.1) is 0 Å². The van der Waals surface area contributed by atoms with Crippen molar-refractivity contribution >= 4 is 56.1 Å². The lowest BCUT2D eigenvalue weighted by atomic mass is 9.70. The van der Waals surface area contributed by atoms with Crippen molar-refractivity contribution in [3.63, 3.8) is 0 Å². The topological polar surface area (TPSA) is 19.6 Å². The normalized spacial score (nSPS) is 13.0. The molecule has 9 aromatic carbocycles. The second-order valence-corrected chi connectivity index (χ2v) is 15.2. The van der Waals surface area contributed by atoms with E-state index in [0.29, 0.717) is 0 Å². The first-order valence-electron chi connectivity index (χ1n) is 19.9. The Kier molecular flexibility index (Phi) is 7.14. The molecule has 0 bridgehead atoms. The zero-order valence-corrected chi connectivity index (χ0v) is 31.6. The van der Waals surface area contributed by atoms with Crippen LogP contribution in [0.3, 0.4) is 0 Å². The highest BCUT2D eigenvalue weighted by atomic mass is 16.3. The van der Waals surface area contributed by atoms with Crippen molar-refractivity contribution in [1.82, 2.24) is 0 Å². The molecule has 1 heterocycles. The summed E-state index contributed by atoms with van der Waals surface area (Å²) in [5.41, 5.74) is 17.9. The van der Waals surface area contributed by atoms with Gasteiger partial charge in [-0.2, -0.15) is 0 Å². The summed E-state index contributed by atoms with van der Waals surface area (Å²) in [6, 6.07) is 79.3. The van der Waals surface area contributed by atoms with Gasteiger partial charge >= 0.3 is 0 Å². The summed E-state index contributed by atoms with van der Waals surface area (Å²) in [7, 11) is 0. The fraction of sp³-hybridized carbons (Fsp3) is 0.0182. The van der Waals surface area contributed by atoms with E-state index in [9.17, 15) is 0 Å². The Hall–Kier alpha value is -7.62. The van der Waals surface area contributed by atoms with Crippen molar-refractivity contribution in [3.05, 3.63) is 241 Å². The number of anilines is 6. The van der Waals surface area contributed by atoms with Crippen molar-refractivity contribution in [2.24, 2.45) is 0 Å². The third-order valence-corrected chi connectivity index (χ3v) is 12.2. The third kappa shape index (κ3) is 4.56. The van der Waals surface area contributed by atoms with Crippen LogP contribution in [0.4, 0.5) is 34.1 Å². The van der Waals surface area contributed by atoms with E-state index in [4.69, 9.17) is 4.42 Å². The van der Waals surface area contributed by atoms with E-state index >= 15 is 0 Å². The second-order valence-electron chi connectivity index (χ2n) is 15.2. The molecule has 0 atom stereocenters. The summed E-state index contributed by atoms with van der Waals surface area (Å²) in [6.07, 6.45) is 0. The molecular weight excluding hydrogens is 705 g/mol. The van der Waals surface area contributed by atoms with Crippen LogP contribution in [-0.2, 0) is 5.41 Å². The van der Waals surface area contributed by atoms with Gasteiger partial charge in [0.2, 0.25) is 0 Å². The van der Waals surface area contributed by atoms with E-state index in [0.717, 1.165) is 56.1 Å². The van der Waals surface area contributed by atoms with Gasteiger partial charge in [-0.05, 0) is 106 Å². The molecule has 10 aromatic rings. The maximum absolute atomic E-state index is 6.37. The number of rotatable bonds is 6. The predicted molar refractivity (Wildman–Crippen MR) is 239 cm³/mol. The molecule has 1 spiro atoms. The Labute approximate surface area is 337 Å². The van der Waals surface area contributed by atoms with E-state index in [1.165, 1.54) is 44.5 Å². The van der Waals surface area contributed by atoms with E-state index in [1.807, 2.05) is 6.07 Å².